The first-order chi connectivity index (χ1) is 8.47. The Kier molecular flexibility index (Phi) is 5.16. The summed E-state index contributed by atoms with van der Waals surface area (Å²) in [5.74, 6) is 0.834. The van der Waals surface area contributed by atoms with Gasteiger partial charge < -0.3 is 4.74 Å². The predicted molar refractivity (Wildman–Crippen MR) is 70.0 cm³/mol. The van der Waals surface area contributed by atoms with E-state index in [0.29, 0.717) is 11.8 Å². The van der Waals surface area contributed by atoms with Crippen LogP contribution in [0, 0.1) is 0 Å². The third kappa shape index (κ3) is 3.47. The van der Waals surface area contributed by atoms with Crippen molar-refractivity contribution in [1.82, 2.24) is 5.48 Å². The maximum Gasteiger partial charge on any atom is 0.281 e. The summed E-state index contributed by atoms with van der Waals surface area (Å²) in [6.07, 6.45) is 0. The Hall–Kier alpha value is -1.55. The molecule has 0 heterocycles. The molecule has 0 aliphatic heterocycles. The van der Waals surface area contributed by atoms with E-state index in [4.69, 9.17) is 9.94 Å². The Morgan fingerprint density at radius 2 is 1.72 bits per heavy atom. The van der Waals surface area contributed by atoms with Crippen molar-refractivity contribution >= 4 is 5.91 Å². The lowest BCUT2D eigenvalue weighted by atomic mass is 9.94. The van der Waals surface area contributed by atoms with Gasteiger partial charge in [-0.3, -0.25) is 10.0 Å². The Balaban J connectivity index is 3.06. The first-order valence-electron chi connectivity index (χ1n) is 6.15. The van der Waals surface area contributed by atoms with E-state index in [0.717, 1.165) is 16.9 Å². The minimum Gasteiger partial charge on any atom is -0.483 e. The van der Waals surface area contributed by atoms with E-state index in [1.54, 1.807) is 5.48 Å². The second-order valence-corrected chi connectivity index (χ2v) is 4.90. The fourth-order valence-electron chi connectivity index (χ4n) is 1.82. The van der Waals surface area contributed by atoms with Crippen LogP contribution in [0.2, 0.25) is 0 Å². The lowest BCUT2D eigenvalue weighted by Crippen LogP contribution is -2.26. The number of hydrogen-bond donors (Lipinski definition) is 2. The zero-order valence-electron chi connectivity index (χ0n) is 11.4. The number of hydroxylamine groups is 1. The Morgan fingerprint density at radius 1 is 1.22 bits per heavy atom. The molecule has 0 aliphatic carbocycles. The van der Waals surface area contributed by atoms with Crippen molar-refractivity contribution in [3.8, 4) is 5.75 Å². The van der Waals surface area contributed by atoms with Crippen LogP contribution in [0.1, 0.15) is 50.7 Å². The molecule has 1 amide bonds. The zero-order chi connectivity index (χ0) is 13.7. The molecule has 0 atom stereocenters. The van der Waals surface area contributed by atoms with Gasteiger partial charge in [0.2, 0.25) is 0 Å². The smallest absolute Gasteiger partial charge is 0.281 e. The number of carbonyl (C=O) groups excluding carboxylic acids is 1. The number of ether oxygens (including phenoxy) is 1. The average molecular weight is 251 g/mol. The van der Waals surface area contributed by atoms with Gasteiger partial charge in [-0.1, -0.05) is 45.9 Å². The molecule has 18 heavy (non-hydrogen) atoms. The van der Waals surface area contributed by atoms with E-state index in [9.17, 15) is 4.79 Å². The highest BCUT2D eigenvalue weighted by molar-refractivity contribution is 5.76. The molecular weight excluding hydrogens is 230 g/mol. The van der Waals surface area contributed by atoms with Crippen LogP contribution in [0.3, 0.4) is 0 Å². The van der Waals surface area contributed by atoms with E-state index in [-0.39, 0.29) is 6.61 Å². The Morgan fingerprint density at radius 3 is 2.11 bits per heavy atom. The fraction of sp³-hybridized carbons (Fsp3) is 0.500. The first kappa shape index (κ1) is 14.5. The molecule has 0 unspecified atom stereocenters. The summed E-state index contributed by atoms with van der Waals surface area (Å²) < 4.78 is 5.57. The van der Waals surface area contributed by atoms with Gasteiger partial charge in [-0.05, 0) is 23.0 Å². The summed E-state index contributed by atoms with van der Waals surface area (Å²) in [4.78, 5) is 11.1. The number of carbonyl (C=O) groups is 1. The molecule has 0 saturated carbocycles. The number of para-hydroxylation sites is 1. The highest BCUT2D eigenvalue weighted by atomic mass is 16.5. The summed E-state index contributed by atoms with van der Waals surface area (Å²) in [5.41, 5.74) is 3.72. The minimum absolute atomic E-state index is 0.181. The lowest BCUT2D eigenvalue weighted by molar-refractivity contribution is -0.131. The molecule has 0 aromatic heterocycles. The molecule has 1 rings (SSSR count). The number of hydrogen-bond acceptors (Lipinski definition) is 3. The maximum atomic E-state index is 11.1. The number of amides is 1. The van der Waals surface area contributed by atoms with Gasteiger partial charge in [0, 0.05) is 0 Å². The number of nitrogens with one attached hydrogen (secondary N) is 1. The van der Waals surface area contributed by atoms with Gasteiger partial charge in [0.15, 0.2) is 6.61 Å². The molecule has 2 N–H and O–H groups in total. The molecule has 0 fully saturated rings. The molecule has 0 radical (unpaired) electrons. The Bertz CT molecular complexity index is 387. The van der Waals surface area contributed by atoms with Gasteiger partial charge in [0.05, 0.1) is 0 Å². The van der Waals surface area contributed by atoms with Crippen LogP contribution in [-0.2, 0) is 4.79 Å². The zero-order valence-corrected chi connectivity index (χ0v) is 11.4. The van der Waals surface area contributed by atoms with Crippen molar-refractivity contribution in [2.75, 3.05) is 6.61 Å². The van der Waals surface area contributed by atoms with Gasteiger partial charge in [-0.25, -0.2) is 5.48 Å². The van der Waals surface area contributed by atoms with Crippen LogP contribution >= 0.6 is 0 Å². The van der Waals surface area contributed by atoms with Crippen LogP contribution in [0.15, 0.2) is 18.2 Å². The molecule has 0 bridgehead atoms. The van der Waals surface area contributed by atoms with Gasteiger partial charge in [-0.2, -0.15) is 0 Å². The van der Waals surface area contributed by atoms with Gasteiger partial charge in [0.25, 0.3) is 5.91 Å². The summed E-state index contributed by atoms with van der Waals surface area (Å²) >= 11 is 0. The van der Waals surface area contributed by atoms with Crippen LogP contribution in [0.5, 0.6) is 5.75 Å². The molecule has 4 nitrogen and oxygen atoms in total. The SMILES string of the molecule is CC(C)c1cccc(C(C)C)c1OCC(=O)NO. The normalized spacial score (nSPS) is 10.8. The molecule has 0 saturated heterocycles. The summed E-state index contributed by atoms with van der Waals surface area (Å²) in [6.45, 7) is 8.15. The van der Waals surface area contributed by atoms with Gasteiger partial charge in [0.1, 0.15) is 5.75 Å². The third-order valence-electron chi connectivity index (χ3n) is 2.79. The molecule has 100 valence electrons. The second kappa shape index (κ2) is 6.40. The van der Waals surface area contributed by atoms with E-state index >= 15 is 0 Å². The van der Waals surface area contributed by atoms with E-state index < -0.39 is 5.91 Å². The minimum atomic E-state index is -0.553. The molecule has 1 aromatic rings. The highest BCUT2D eigenvalue weighted by Gasteiger charge is 2.15. The fourth-order valence-corrected chi connectivity index (χ4v) is 1.82. The van der Waals surface area contributed by atoms with Crippen molar-refractivity contribution < 1.29 is 14.7 Å². The number of benzene rings is 1. The molecule has 1 aromatic carbocycles. The van der Waals surface area contributed by atoms with Crippen molar-refractivity contribution in [1.29, 1.82) is 0 Å². The molecule has 0 aliphatic rings. The molecule has 4 heteroatoms. The van der Waals surface area contributed by atoms with Gasteiger partial charge in [-0.15, -0.1) is 0 Å². The molecule has 0 spiro atoms. The first-order valence-corrected chi connectivity index (χ1v) is 6.15. The summed E-state index contributed by atoms with van der Waals surface area (Å²) in [7, 11) is 0. The quantitative estimate of drug-likeness (QED) is 0.625. The van der Waals surface area contributed by atoms with Crippen molar-refractivity contribution in [2.45, 2.75) is 39.5 Å². The highest BCUT2D eigenvalue weighted by Crippen LogP contribution is 2.34. The van der Waals surface area contributed by atoms with Crippen LogP contribution in [0.25, 0.3) is 0 Å². The van der Waals surface area contributed by atoms with E-state index in [2.05, 4.69) is 27.7 Å². The third-order valence-corrected chi connectivity index (χ3v) is 2.79. The topological polar surface area (TPSA) is 58.6 Å². The second-order valence-electron chi connectivity index (χ2n) is 4.90. The largest absolute Gasteiger partial charge is 0.483 e. The standard InChI is InChI=1S/C14H21NO3/c1-9(2)11-6-5-7-12(10(3)4)14(11)18-8-13(16)15-17/h5-7,9-10,17H,8H2,1-4H3,(H,15,16). The Labute approximate surface area is 108 Å². The van der Waals surface area contributed by atoms with Gasteiger partial charge >= 0.3 is 0 Å². The van der Waals surface area contributed by atoms with Crippen LogP contribution in [0.4, 0.5) is 0 Å². The lowest BCUT2D eigenvalue weighted by Gasteiger charge is -2.19. The van der Waals surface area contributed by atoms with E-state index in [1.807, 2.05) is 18.2 Å². The van der Waals surface area contributed by atoms with Crippen molar-refractivity contribution in [3.63, 3.8) is 0 Å². The summed E-state index contributed by atoms with van der Waals surface area (Å²) in [6, 6.07) is 6.01. The van der Waals surface area contributed by atoms with Crippen LogP contribution in [-0.4, -0.2) is 17.7 Å². The van der Waals surface area contributed by atoms with Crippen molar-refractivity contribution in [3.05, 3.63) is 29.3 Å². The van der Waals surface area contributed by atoms with Crippen molar-refractivity contribution in [2.24, 2.45) is 0 Å². The maximum absolute atomic E-state index is 11.1. The molecular formula is C14H21NO3. The monoisotopic (exact) mass is 251 g/mol. The van der Waals surface area contributed by atoms with Crippen LogP contribution < -0.4 is 10.2 Å². The van der Waals surface area contributed by atoms with E-state index in [1.165, 1.54) is 0 Å². The number of rotatable bonds is 5. The average Bonchev–Trinajstić information content (AvgIpc) is 2.34. The summed E-state index contributed by atoms with van der Waals surface area (Å²) in [5, 5.41) is 8.49. The predicted octanol–water partition coefficient (Wildman–Crippen LogP) is 2.82.